The van der Waals surface area contributed by atoms with Crippen molar-refractivity contribution in [3.63, 3.8) is 0 Å². The summed E-state index contributed by atoms with van der Waals surface area (Å²) in [5.41, 5.74) is -0.0171. The van der Waals surface area contributed by atoms with Crippen LogP contribution in [-0.2, 0) is 0 Å². The summed E-state index contributed by atoms with van der Waals surface area (Å²) in [5.74, 6) is -0.555. The number of benzene rings is 1. The molecule has 108 valence electrons. The Hall–Kier alpha value is -1.72. The third-order valence-electron chi connectivity index (χ3n) is 3.93. The summed E-state index contributed by atoms with van der Waals surface area (Å²) >= 11 is 0. The van der Waals surface area contributed by atoms with Crippen molar-refractivity contribution >= 4 is 11.8 Å². The van der Waals surface area contributed by atoms with E-state index in [0.29, 0.717) is 11.1 Å². The molecule has 2 rings (SSSR count). The fourth-order valence-electron chi connectivity index (χ4n) is 2.25. The van der Waals surface area contributed by atoms with E-state index in [4.69, 9.17) is 0 Å². The molecule has 1 aromatic rings. The van der Waals surface area contributed by atoms with Gasteiger partial charge in [0.25, 0.3) is 11.8 Å². The summed E-state index contributed by atoms with van der Waals surface area (Å²) in [4.78, 5) is 27.5. The Kier molecular flexibility index (Phi) is 3.67. The molecule has 1 aliphatic heterocycles. The van der Waals surface area contributed by atoms with E-state index in [-0.39, 0.29) is 24.5 Å². The SMILES string of the molecule is CC(N(C)CN1C(=O)c2ccccc2C1=O)C(C)(C)O. The molecular weight excluding hydrogens is 256 g/mol. The van der Waals surface area contributed by atoms with Crippen molar-refractivity contribution < 1.29 is 14.7 Å². The van der Waals surface area contributed by atoms with E-state index in [0.717, 1.165) is 0 Å². The van der Waals surface area contributed by atoms with Crippen molar-refractivity contribution in [3.8, 4) is 0 Å². The number of hydrogen-bond donors (Lipinski definition) is 1. The van der Waals surface area contributed by atoms with Gasteiger partial charge in [-0.25, -0.2) is 0 Å². The number of carbonyl (C=O) groups excluding carboxylic acids is 2. The highest BCUT2D eigenvalue weighted by Crippen LogP contribution is 2.23. The average Bonchev–Trinajstić information content (AvgIpc) is 2.62. The van der Waals surface area contributed by atoms with Crippen LogP contribution in [0.25, 0.3) is 0 Å². The number of hydrogen-bond acceptors (Lipinski definition) is 4. The minimum atomic E-state index is -0.909. The zero-order valence-corrected chi connectivity index (χ0v) is 12.3. The minimum absolute atomic E-state index is 0.164. The standard InChI is InChI=1S/C15H20N2O3/c1-10(15(2,3)20)16(4)9-17-13(18)11-7-5-6-8-12(11)14(17)19/h5-8,10,20H,9H2,1-4H3. The topological polar surface area (TPSA) is 60.9 Å². The molecule has 0 aromatic heterocycles. The highest BCUT2D eigenvalue weighted by atomic mass is 16.3. The van der Waals surface area contributed by atoms with E-state index < -0.39 is 5.60 Å². The third kappa shape index (κ3) is 2.46. The van der Waals surface area contributed by atoms with Crippen molar-refractivity contribution in [2.45, 2.75) is 32.4 Å². The normalized spacial score (nSPS) is 16.8. The van der Waals surface area contributed by atoms with Crippen LogP contribution in [-0.4, -0.2) is 52.1 Å². The number of carbonyl (C=O) groups is 2. The molecule has 2 amide bonds. The molecule has 1 aliphatic rings. The molecule has 0 bridgehead atoms. The number of imide groups is 1. The molecule has 1 heterocycles. The van der Waals surface area contributed by atoms with Crippen molar-refractivity contribution in [1.82, 2.24) is 9.80 Å². The van der Waals surface area contributed by atoms with Crippen LogP contribution in [0.1, 0.15) is 41.5 Å². The first kappa shape index (κ1) is 14.7. The lowest BCUT2D eigenvalue weighted by Gasteiger charge is -2.35. The Labute approximate surface area is 118 Å². The molecule has 1 N–H and O–H groups in total. The van der Waals surface area contributed by atoms with Gasteiger partial charge in [0.15, 0.2) is 0 Å². The summed E-state index contributed by atoms with van der Waals surface area (Å²) in [7, 11) is 1.78. The van der Waals surface area contributed by atoms with Crippen LogP contribution in [0.5, 0.6) is 0 Å². The molecule has 5 nitrogen and oxygen atoms in total. The summed E-state index contributed by atoms with van der Waals surface area (Å²) in [6, 6.07) is 6.63. The van der Waals surface area contributed by atoms with E-state index >= 15 is 0 Å². The molecule has 0 fully saturated rings. The van der Waals surface area contributed by atoms with Gasteiger partial charge in [-0.2, -0.15) is 0 Å². The van der Waals surface area contributed by atoms with Crippen LogP contribution >= 0.6 is 0 Å². The van der Waals surface area contributed by atoms with Gasteiger partial charge in [-0.15, -0.1) is 0 Å². The fourth-order valence-corrected chi connectivity index (χ4v) is 2.25. The first-order chi connectivity index (χ1) is 9.23. The van der Waals surface area contributed by atoms with Crippen LogP contribution in [0.15, 0.2) is 24.3 Å². The lowest BCUT2D eigenvalue weighted by molar-refractivity contribution is -0.0158. The number of rotatable bonds is 4. The minimum Gasteiger partial charge on any atom is -0.389 e. The highest BCUT2D eigenvalue weighted by Gasteiger charge is 2.37. The molecule has 1 aromatic carbocycles. The number of nitrogens with zero attached hydrogens (tertiary/aromatic N) is 2. The van der Waals surface area contributed by atoms with E-state index in [1.54, 1.807) is 50.1 Å². The average molecular weight is 276 g/mol. The highest BCUT2D eigenvalue weighted by molar-refractivity contribution is 6.21. The lowest BCUT2D eigenvalue weighted by Crippen LogP contribution is -2.50. The number of fused-ring (bicyclic) bond motifs is 1. The Bertz CT molecular complexity index is 513. The van der Waals surface area contributed by atoms with E-state index in [9.17, 15) is 14.7 Å². The molecule has 0 saturated heterocycles. The van der Waals surface area contributed by atoms with Crippen LogP contribution < -0.4 is 0 Å². The molecule has 5 heteroatoms. The van der Waals surface area contributed by atoms with Gasteiger partial charge in [0, 0.05) is 6.04 Å². The van der Waals surface area contributed by atoms with Crippen LogP contribution in [0.4, 0.5) is 0 Å². The number of amides is 2. The molecule has 1 unspecified atom stereocenters. The summed E-state index contributed by atoms with van der Waals surface area (Å²) < 4.78 is 0. The lowest BCUT2D eigenvalue weighted by atomic mass is 10.00. The predicted octanol–water partition coefficient (Wildman–Crippen LogP) is 1.33. The fraction of sp³-hybridized carbons (Fsp3) is 0.467. The Morgan fingerprint density at radius 3 is 2.05 bits per heavy atom. The monoisotopic (exact) mass is 276 g/mol. The predicted molar refractivity (Wildman–Crippen MR) is 75.3 cm³/mol. The molecule has 0 radical (unpaired) electrons. The van der Waals surface area contributed by atoms with Crippen molar-refractivity contribution in [1.29, 1.82) is 0 Å². The van der Waals surface area contributed by atoms with E-state index in [1.165, 1.54) is 4.90 Å². The quantitative estimate of drug-likeness (QED) is 0.843. The second kappa shape index (κ2) is 5.00. The Morgan fingerprint density at radius 1 is 1.20 bits per heavy atom. The van der Waals surface area contributed by atoms with Gasteiger partial charge >= 0.3 is 0 Å². The molecule has 20 heavy (non-hydrogen) atoms. The van der Waals surface area contributed by atoms with Gasteiger partial charge in [0.05, 0.1) is 23.4 Å². The van der Waals surface area contributed by atoms with Gasteiger partial charge in [-0.05, 0) is 40.0 Å². The van der Waals surface area contributed by atoms with E-state index in [2.05, 4.69) is 0 Å². The van der Waals surface area contributed by atoms with E-state index in [1.807, 2.05) is 6.92 Å². The first-order valence-electron chi connectivity index (χ1n) is 6.61. The van der Waals surface area contributed by atoms with Crippen LogP contribution in [0.2, 0.25) is 0 Å². The third-order valence-corrected chi connectivity index (χ3v) is 3.93. The number of aliphatic hydroxyl groups is 1. The van der Waals surface area contributed by atoms with Crippen molar-refractivity contribution in [2.75, 3.05) is 13.7 Å². The summed E-state index contributed by atoms with van der Waals surface area (Å²) in [6.07, 6.45) is 0. The second-order valence-electron chi connectivity index (χ2n) is 5.81. The van der Waals surface area contributed by atoms with Crippen LogP contribution in [0.3, 0.4) is 0 Å². The van der Waals surface area contributed by atoms with Gasteiger partial charge in [-0.1, -0.05) is 12.1 Å². The summed E-state index contributed by atoms with van der Waals surface area (Å²) in [5, 5.41) is 10.0. The van der Waals surface area contributed by atoms with Gasteiger partial charge in [0.2, 0.25) is 0 Å². The van der Waals surface area contributed by atoms with Gasteiger partial charge < -0.3 is 5.11 Å². The maximum atomic E-state index is 12.2. The largest absolute Gasteiger partial charge is 0.389 e. The van der Waals surface area contributed by atoms with Crippen molar-refractivity contribution in [3.05, 3.63) is 35.4 Å². The molecular formula is C15H20N2O3. The molecule has 0 saturated carbocycles. The Balaban J connectivity index is 2.17. The number of likely N-dealkylation sites (N-methyl/N-ethyl adjacent to an activating group) is 1. The molecule has 1 atom stereocenters. The second-order valence-corrected chi connectivity index (χ2v) is 5.81. The Morgan fingerprint density at radius 2 is 1.65 bits per heavy atom. The zero-order chi connectivity index (χ0) is 15.1. The van der Waals surface area contributed by atoms with Gasteiger partial charge in [0.1, 0.15) is 0 Å². The molecule has 0 spiro atoms. The maximum Gasteiger partial charge on any atom is 0.262 e. The first-order valence-corrected chi connectivity index (χ1v) is 6.61. The van der Waals surface area contributed by atoms with Gasteiger partial charge in [-0.3, -0.25) is 19.4 Å². The van der Waals surface area contributed by atoms with Crippen LogP contribution in [0, 0.1) is 0 Å². The summed E-state index contributed by atoms with van der Waals surface area (Å²) in [6.45, 7) is 5.43. The molecule has 0 aliphatic carbocycles. The smallest absolute Gasteiger partial charge is 0.262 e. The maximum absolute atomic E-state index is 12.2. The zero-order valence-electron chi connectivity index (χ0n) is 12.3. The van der Waals surface area contributed by atoms with Crippen molar-refractivity contribution in [2.24, 2.45) is 0 Å².